The lowest BCUT2D eigenvalue weighted by Crippen LogP contribution is -2.21. The molecule has 5 N–H and O–H groups in total. The number of pyridine rings is 1. The maximum atomic E-state index is 10.6. The number of alkyl halides is 3. The predicted molar refractivity (Wildman–Crippen MR) is 133 cm³/mol. The largest absolute Gasteiger partial charge is 0.490 e. The molecule has 9 nitrogen and oxygen atoms in total. The van der Waals surface area contributed by atoms with Crippen molar-refractivity contribution >= 4 is 33.6 Å². The Kier molecular flexibility index (Phi) is 7.36. The van der Waals surface area contributed by atoms with Gasteiger partial charge in [0.1, 0.15) is 11.2 Å². The van der Waals surface area contributed by atoms with E-state index in [2.05, 4.69) is 15.2 Å². The number of fused-ring (bicyclic) bond motifs is 1. The molecule has 0 unspecified atom stereocenters. The van der Waals surface area contributed by atoms with Crippen LogP contribution in [0.15, 0.2) is 66.7 Å². The minimum Gasteiger partial charge on any atom is -0.475 e. The van der Waals surface area contributed by atoms with Crippen molar-refractivity contribution in [1.82, 2.24) is 25.1 Å². The molecule has 3 heterocycles. The van der Waals surface area contributed by atoms with E-state index in [1.807, 2.05) is 66.7 Å². The van der Waals surface area contributed by atoms with Crippen LogP contribution in [0.5, 0.6) is 0 Å². The van der Waals surface area contributed by atoms with Crippen molar-refractivity contribution in [2.24, 2.45) is 5.73 Å². The molecule has 0 aliphatic rings. The van der Waals surface area contributed by atoms with Crippen molar-refractivity contribution < 1.29 is 23.1 Å². The molecule has 0 fully saturated rings. The van der Waals surface area contributed by atoms with Gasteiger partial charge in [0.05, 0.1) is 11.4 Å². The van der Waals surface area contributed by atoms with Crippen molar-refractivity contribution in [1.29, 1.82) is 0 Å². The molecule has 188 valence electrons. The Bertz CT molecular complexity index is 1540. The summed E-state index contributed by atoms with van der Waals surface area (Å²) >= 11 is 1.29. The van der Waals surface area contributed by atoms with Crippen LogP contribution in [0.1, 0.15) is 5.56 Å². The lowest BCUT2D eigenvalue weighted by atomic mass is 10.0. The quantitative estimate of drug-likeness (QED) is 0.306. The summed E-state index contributed by atoms with van der Waals surface area (Å²) in [5.74, 6) is -2.76. The number of nitrogens with zero attached hydrogens (tertiary/aromatic N) is 5. The zero-order valence-electron chi connectivity index (χ0n) is 18.8. The summed E-state index contributed by atoms with van der Waals surface area (Å²) in [6.45, 7) is 0.498. The summed E-state index contributed by atoms with van der Waals surface area (Å²) in [5, 5.41) is 16.1. The Morgan fingerprint density at radius 3 is 2.05 bits per heavy atom. The molecule has 2 aromatic carbocycles. The molecule has 5 aromatic rings. The van der Waals surface area contributed by atoms with Gasteiger partial charge in [-0.1, -0.05) is 65.9 Å². The van der Waals surface area contributed by atoms with Crippen molar-refractivity contribution in [2.75, 3.05) is 5.73 Å². The highest BCUT2D eigenvalue weighted by Crippen LogP contribution is 2.32. The van der Waals surface area contributed by atoms with Crippen LogP contribution in [0.25, 0.3) is 44.4 Å². The van der Waals surface area contributed by atoms with Gasteiger partial charge < -0.3 is 16.6 Å². The molecule has 0 aliphatic carbocycles. The lowest BCUT2D eigenvalue weighted by Gasteiger charge is -2.11. The van der Waals surface area contributed by atoms with Gasteiger partial charge in [0.2, 0.25) is 5.13 Å². The third-order valence-corrected chi connectivity index (χ3v) is 5.72. The minimum absolute atomic E-state index is 0.402. The first-order valence-electron chi connectivity index (χ1n) is 10.6. The second kappa shape index (κ2) is 10.6. The Hall–Kier alpha value is -4.49. The van der Waals surface area contributed by atoms with E-state index in [1.54, 1.807) is 0 Å². The van der Waals surface area contributed by atoms with Gasteiger partial charge in [-0.3, -0.25) is 0 Å². The average molecular weight is 526 g/mol. The highest BCUT2D eigenvalue weighted by Gasteiger charge is 2.38. The van der Waals surface area contributed by atoms with E-state index in [0.29, 0.717) is 33.5 Å². The average Bonchev–Trinajstić information content (AvgIpc) is 3.34. The van der Waals surface area contributed by atoms with Crippen LogP contribution in [0.4, 0.5) is 18.3 Å². The number of halogens is 3. The summed E-state index contributed by atoms with van der Waals surface area (Å²) < 4.78 is 31.7. The van der Waals surface area contributed by atoms with Gasteiger partial charge in [-0.25, -0.2) is 19.7 Å². The number of benzene rings is 2. The molecule has 0 atom stereocenters. The van der Waals surface area contributed by atoms with E-state index in [0.717, 1.165) is 28.1 Å². The number of anilines is 1. The number of hydrogen-bond donors (Lipinski definition) is 3. The first-order chi connectivity index (χ1) is 17.7. The van der Waals surface area contributed by atoms with Crippen molar-refractivity contribution in [3.63, 3.8) is 0 Å². The fourth-order valence-electron chi connectivity index (χ4n) is 3.20. The van der Waals surface area contributed by atoms with Crippen LogP contribution in [-0.4, -0.2) is 42.4 Å². The van der Waals surface area contributed by atoms with Crippen LogP contribution < -0.4 is 11.5 Å². The summed E-state index contributed by atoms with van der Waals surface area (Å²) in [6, 6.07) is 21.8. The molecule has 0 bridgehead atoms. The molecule has 13 heteroatoms. The maximum absolute atomic E-state index is 10.6. The van der Waals surface area contributed by atoms with Gasteiger partial charge in [-0.15, -0.1) is 10.2 Å². The van der Waals surface area contributed by atoms with E-state index in [1.165, 1.54) is 11.3 Å². The molecule has 0 aliphatic heterocycles. The minimum atomic E-state index is -5.08. The van der Waals surface area contributed by atoms with E-state index >= 15 is 0 Å². The molecular weight excluding hydrogens is 507 g/mol. The molecule has 0 spiro atoms. The number of hydrogen-bond acceptors (Lipinski definition) is 9. The van der Waals surface area contributed by atoms with Gasteiger partial charge in [-0.2, -0.15) is 13.2 Å². The van der Waals surface area contributed by atoms with Gasteiger partial charge in [-0.05, 0) is 17.7 Å². The van der Waals surface area contributed by atoms with Crippen LogP contribution in [0.2, 0.25) is 0 Å². The van der Waals surface area contributed by atoms with Crippen molar-refractivity contribution in [2.45, 2.75) is 12.7 Å². The smallest absolute Gasteiger partial charge is 0.475 e. The number of aliphatic carboxylic acids is 1. The van der Waals surface area contributed by atoms with E-state index in [9.17, 15) is 13.2 Å². The van der Waals surface area contributed by atoms with Crippen LogP contribution in [-0.2, 0) is 11.3 Å². The standard InChI is InChI=1S/C22H17N7S.C2HF3O2/c23-12-13-6-8-15(9-7-13)18-19(14-4-2-1-3-5-14)27-20-16(25-18)10-11-17(26-20)21-28-29-22(24)30-21;3-2(4,5)1(6)7/h1-11H,12,23H2,(H2,24,29);(H,6,7). The maximum Gasteiger partial charge on any atom is 0.490 e. The number of rotatable bonds is 4. The normalized spacial score (nSPS) is 11.1. The summed E-state index contributed by atoms with van der Waals surface area (Å²) in [7, 11) is 0. The fourth-order valence-corrected chi connectivity index (χ4v) is 3.78. The Morgan fingerprint density at radius 2 is 1.49 bits per heavy atom. The Morgan fingerprint density at radius 1 is 0.865 bits per heavy atom. The Balaban J connectivity index is 0.000000405. The first kappa shape index (κ1) is 25.6. The molecule has 0 saturated heterocycles. The van der Waals surface area contributed by atoms with E-state index < -0.39 is 12.1 Å². The highest BCUT2D eigenvalue weighted by molar-refractivity contribution is 7.18. The fraction of sp³-hybridized carbons (Fsp3) is 0.0833. The summed E-state index contributed by atoms with van der Waals surface area (Å²) in [5.41, 5.74) is 18.0. The van der Waals surface area contributed by atoms with Gasteiger partial charge in [0.15, 0.2) is 10.7 Å². The second-order valence-corrected chi connectivity index (χ2v) is 8.48. The molecule has 0 saturated carbocycles. The first-order valence-corrected chi connectivity index (χ1v) is 11.4. The van der Waals surface area contributed by atoms with Crippen LogP contribution in [0, 0.1) is 0 Å². The Labute approximate surface area is 211 Å². The molecule has 5 rings (SSSR count). The zero-order valence-corrected chi connectivity index (χ0v) is 19.7. The van der Waals surface area contributed by atoms with Gasteiger partial charge >= 0.3 is 12.1 Å². The molecule has 0 amide bonds. The highest BCUT2D eigenvalue weighted by atomic mass is 32.1. The monoisotopic (exact) mass is 525 g/mol. The van der Waals surface area contributed by atoms with Crippen molar-refractivity contribution in [3.05, 3.63) is 72.3 Å². The SMILES string of the molecule is NCc1ccc(-c2nc3ccc(-c4nnc(N)s4)nc3nc2-c2ccccc2)cc1.O=C(O)C(F)(F)F. The number of nitrogens with two attached hydrogens (primary N) is 2. The molecule has 0 radical (unpaired) electrons. The third-order valence-electron chi connectivity index (χ3n) is 4.94. The van der Waals surface area contributed by atoms with E-state index in [4.69, 9.17) is 31.3 Å². The second-order valence-electron chi connectivity index (χ2n) is 7.48. The number of nitrogen functional groups attached to an aromatic ring is 1. The predicted octanol–water partition coefficient (Wildman–Crippen LogP) is 4.55. The molecule has 3 aromatic heterocycles. The number of carboxylic acids is 1. The van der Waals surface area contributed by atoms with Crippen LogP contribution >= 0.6 is 11.3 Å². The summed E-state index contributed by atoms with van der Waals surface area (Å²) in [6.07, 6.45) is -5.08. The third kappa shape index (κ3) is 6.02. The topological polar surface area (TPSA) is 154 Å². The number of aromatic nitrogens is 5. The lowest BCUT2D eigenvalue weighted by molar-refractivity contribution is -0.192. The van der Waals surface area contributed by atoms with Gasteiger partial charge in [0, 0.05) is 17.7 Å². The van der Waals surface area contributed by atoms with Crippen LogP contribution in [0.3, 0.4) is 0 Å². The zero-order chi connectivity index (χ0) is 26.6. The molecular formula is C24H18F3N7O2S. The van der Waals surface area contributed by atoms with Gasteiger partial charge in [0.25, 0.3) is 0 Å². The number of carbonyl (C=O) groups is 1. The van der Waals surface area contributed by atoms with E-state index in [-0.39, 0.29) is 0 Å². The summed E-state index contributed by atoms with van der Waals surface area (Å²) in [4.78, 5) is 23.4. The number of carboxylic acid groups (broad SMARTS) is 1. The molecule has 37 heavy (non-hydrogen) atoms. The van der Waals surface area contributed by atoms with Crippen molar-refractivity contribution in [3.8, 4) is 33.2 Å².